The molecule has 2 unspecified atom stereocenters. The Labute approximate surface area is 117 Å². The van der Waals surface area contributed by atoms with Crippen molar-refractivity contribution in [3.05, 3.63) is 18.0 Å². The van der Waals surface area contributed by atoms with Crippen molar-refractivity contribution in [2.75, 3.05) is 27.0 Å². The molecule has 0 spiro atoms. The molecule has 0 bridgehead atoms. The Kier molecular flexibility index (Phi) is 6.80. The lowest BCUT2D eigenvalue weighted by atomic mass is 10.3. The Morgan fingerprint density at radius 3 is 2.74 bits per heavy atom. The molecule has 0 fully saturated rings. The van der Waals surface area contributed by atoms with Gasteiger partial charge in [-0.15, -0.1) is 0 Å². The van der Waals surface area contributed by atoms with Gasteiger partial charge in [-0.2, -0.15) is 0 Å². The molecular weight excluding hydrogens is 264 g/mol. The number of methoxy groups -OCH3 is 2. The highest BCUT2D eigenvalue weighted by atomic mass is 32.2. The van der Waals surface area contributed by atoms with E-state index < -0.39 is 10.8 Å². The number of hydrogen-bond donors (Lipinski definition) is 1. The standard InChI is InChI=1S/C13H22N2O3S/c1-10(19(4)16)5-7-14-9-11-13(18-3)12(17-2)6-8-15-11/h6,8,10,14H,5,7,9H2,1-4H3. The molecule has 5 nitrogen and oxygen atoms in total. The molecule has 0 saturated carbocycles. The van der Waals surface area contributed by atoms with E-state index in [1.807, 2.05) is 6.92 Å². The minimum Gasteiger partial charge on any atom is -0.493 e. The van der Waals surface area contributed by atoms with Gasteiger partial charge in [0.25, 0.3) is 0 Å². The van der Waals surface area contributed by atoms with E-state index in [0.29, 0.717) is 18.0 Å². The summed E-state index contributed by atoms with van der Waals surface area (Å²) in [5.41, 5.74) is 0.812. The van der Waals surface area contributed by atoms with Gasteiger partial charge >= 0.3 is 0 Å². The Morgan fingerprint density at radius 2 is 2.16 bits per heavy atom. The summed E-state index contributed by atoms with van der Waals surface area (Å²) in [6.45, 7) is 3.38. The topological polar surface area (TPSA) is 60.5 Å². The fraction of sp³-hybridized carbons (Fsp3) is 0.615. The fourth-order valence-corrected chi connectivity index (χ4v) is 2.10. The molecule has 0 amide bonds. The summed E-state index contributed by atoms with van der Waals surface area (Å²) in [5.74, 6) is 1.34. The van der Waals surface area contributed by atoms with Gasteiger partial charge < -0.3 is 14.8 Å². The van der Waals surface area contributed by atoms with Gasteiger partial charge in [-0.1, -0.05) is 6.92 Å². The molecule has 1 aromatic heterocycles. The highest BCUT2D eigenvalue weighted by molar-refractivity contribution is 7.84. The predicted octanol–water partition coefficient (Wildman–Crippen LogP) is 1.35. The maximum Gasteiger partial charge on any atom is 0.183 e. The second-order valence-corrected chi connectivity index (χ2v) is 6.07. The van der Waals surface area contributed by atoms with Crippen LogP contribution in [0.3, 0.4) is 0 Å². The molecule has 0 radical (unpaired) electrons. The van der Waals surface area contributed by atoms with Crippen LogP contribution in [-0.2, 0) is 17.3 Å². The summed E-state index contributed by atoms with van der Waals surface area (Å²) in [5, 5.41) is 3.48. The highest BCUT2D eigenvalue weighted by Gasteiger charge is 2.11. The lowest BCUT2D eigenvalue weighted by molar-refractivity contribution is 0.348. The van der Waals surface area contributed by atoms with Crippen LogP contribution in [0.25, 0.3) is 0 Å². The summed E-state index contributed by atoms with van der Waals surface area (Å²) in [6, 6.07) is 1.77. The molecule has 1 N–H and O–H groups in total. The van der Waals surface area contributed by atoms with Gasteiger partial charge in [0.1, 0.15) is 0 Å². The zero-order valence-corrected chi connectivity index (χ0v) is 12.8. The van der Waals surface area contributed by atoms with Crippen LogP contribution in [-0.4, -0.2) is 41.5 Å². The minimum atomic E-state index is -0.770. The lowest BCUT2D eigenvalue weighted by Gasteiger charge is -2.13. The normalized spacial score (nSPS) is 13.9. The third kappa shape index (κ3) is 4.80. The first kappa shape index (κ1) is 15.9. The maximum absolute atomic E-state index is 11.2. The Balaban J connectivity index is 2.51. The van der Waals surface area contributed by atoms with E-state index in [1.54, 1.807) is 32.7 Å². The molecule has 0 aliphatic heterocycles. The van der Waals surface area contributed by atoms with Crippen LogP contribution in [0.15, 0.2) is 12.3 Å². The molecular formula is C13H22N2O3S. The van der Waals surface area contributed by atoms with Gasteiger partial charge in [-0.25, -0.2) is 0 Å². The van der Waals surface area contributed by atoms with Crippen molar-refractivity contribution < 1.29 is 13.7 Å². The highest BCUT2D eigenvalue weighted by Crippen LogP contribution is 2.28. The van der Waals surface area contributed by atoms with E-state index in [0.717, 1.165) is 18.7 Å². The molecule has 108 valence electrons. The zero-order chi connectivity index (χ0) is 14.3. The molecule has 1 heterocycles. The molecule has 0 aliphatic carbocycles. The van der Waals surface area contributed by atoms with Crippen molar-refractivity contribution >= 4 is 10.8 Å². The number of hydrogen-bond acceptors (Lipinski definition) is 5. The van der Waals surface area contributed by atoms with E-state index in [9.17, 15) is 4.21 Å². The first-order valence-corrected chi connectivity index (χ1v) is 7.81. The molecule has 1 aromatic rings. The Morgan fingerprint density at radius 1 is 1.42 bits per heavy atom. The minimum absolute atomic E-state index is 0.202. The summed E-state index contributed by atoms with van der Waals surface area (Å²) < 4.78 is 21.8. The number of nitrogens with one attached hydrogen (secondary N) is 1. The van der Waals surface area contributed by atoms with Crippen LogP contribution >= 0.6 is 0 Å². The van der Waals surface area contributed by atoms with Gasteiger partial charge in [0, 0.05) is 41.1 Å². The van der Waals surface area contributed by atoms with E-state index in [1.165, 1.54) is 0 Å². The molecule has 6 heteroatoms. The van der Waals surface area contributed by atoms with Crippen LogP contribution in [0.1, 0.15) is 19.0 Å². The summed E-state index contributed by atoms with van der Waals surface area (Å²) in [4.78, 5) is 4.28. The largest absolute Gasteiger partial charge is 0.493 e. The van der Waals surface area contributed by atoms with Crippen molar-refractivity contribution in [2.45, 2.75) is 25.1 Å². The van der Waals surface area contributed by atoms with Crippen molar-refractivity contribution in [3.63, 3.8) is 0 Å². The third-order valence-electron chi connectivity index (χ3n) is 2.95. The lowest BCUT2D eigenvalue weighted by Crippen LogP contribution is -2.21. The van der Waals surface area contributed by atoms with Crippen molar-refractivity contribution in [1.29, 1.82) is 0 Å². The molecule has 1 rings (SSSR count). The second-order valence-electron chi connectivity index (χ2n) is 4.27. The van der Waals surface area contributed by atoms with Crippen LogP contribution in [0.2, 0.25) is 0 Å². The first-order chi connectivity index (χ1) is 9.10. The average Bonchev–Trinajstić information content (AvgIpc) is 2.42. The van der Waals surface area contributed by atoms with Crippen LogP contribution < -0.4 is 14.8 Å². The van der Waals surface area contributed by atoms with Gasteiger partial charge in [0.15, 0.2) is 11.5 Å². The van der Waals surface area contributed by atoms with Gasteiger partial charge in [-0.3, -0.25) is 9.19 Å². The quantitative estimate of drug-likeness (QED) is 0.731. The number of rotatable bonds is 8. The molecule has 0 saturated heterocycles. The second kappa shape index (κ2) is 8.12. The van der Waals surface area contributed by atoms with Crippen LogP contribution in [0.4, 0.5) is 0 Å². The van der Waals surface area contributed by atoms with Gasteiger partial charge in [0.2, 0.25) is 0 Å². The summed E-state index contributed by atoms with van der Waals surface area (Å²) in [6.07, 6.45) is 4.30. The number of ether oxygens (including phenoxy) is 2. The SMILES string of the molecule is COc1ccnc(CNCCC(C)S(C)=O)c1OC. The molecule has 2 atom stereocenters. The van der Waals surface area contributed by atoms with Gasteiger partial charge in [0.05, 0.1) is 19.9 Å². The molecule has 0 aliphatic rings. The Hall–Kier alpha value is -1.14. The fourth-order valence-electron chi connectivity index (χ4n) is 1.65. The first-order valence-electron chi connectivity index (χ1n) is 6.19. The van der Waals surface area contributed by atoms with Crippen molar-refractivity contribution in [1.82, 2.24) is 10.3 Å². The maximum atomic E-state index is 11.2. The van der Waals surface area contributed by atoms with Crippen LogP contribution in [0.5, 0.6) is 11.5 Å². The van der Waals surface area contributed by atoms with E-state index >= 15 is 0 Å². The Bertz CT molecular complexity index is 426. The smallest absolute Gasteiger partial charge is 0.183 e. The number of aromatic nitrogens is 1. The zero-order valence-electron chi connectivity index (χ0n) is 11.9. The van der Waals surface area contributed by atoms with Crippen molar-refractivity contribution in [2.24, 2.45) is 0 Å². The summed E-state index contributed by atoms with van der Waals surface area (Å²) in [7, 11) is 2.44. The monoisotopic (exact) mass is 286 g/mol. The van der Waals surface area contributed by atoms with Crippen molar-refractivity contribution in [3.8, 4) is 11.5 Å². The summed E-state index contributed by atoms with van der Waals surface area (Å²) >= 11 is 0. The predicted molar refractivity (Wildman–Crippen MR) is 77.2 cm³/mol. The molecule has 0 aromatic carbocycles. The van der Waals surface area contributed by atoms with Crippen LogP contribution in [0, 0.1) is 0 Å². The van der Waals surface area contributed by atoms with E-state index in [4.69, 9.17) is 9.47 Å². The average molecular weight is 286 g/mol. The van der Waals surface area contributed by atoms with E-state index in [-0.39, 0.29) is 5.25 Å². The third-order valence-corrected chi connectivity index (χ3v) is 4.32. The van der Waals surface area contributed by atoms with E-state index in [2.05, 4.69) is 10.3 Å². The number of pyridine rings is 1. The molecule has 19 heavy (non-hydrogen) atoms. The number of nitrogens with zero attached hydrogens (tertiary/aromatic N) is 1. The van der Waals surface area contributed by atoms with Gasteiger partial charge in [-0.05, 0) is 13.0 Å².